The van der Waals surface area contributed by atoms with Gasteiger partial charge in [0.15, 0.2) is 11.5 Å². The SMILES string of the molecule is COc1cccc(/C=C/C(=O)NC2(C#N)CCCCC2)c1OC(F)F. The molecule has 7 heteroatoms. The molecule has 134 valence electrons. The highest BCUT2D eigenvalue weighted by molar-refractivity contribution is 5.93. The summed E-state index contributed by atoms with van der Waals surface area (Å²) >= 11 is 0. The van der Waals surface area contributed by atoms with Crippen LogP contribution in [0.25, 0.3) is 6.08 Å². The summed E-state index contributed by atoms with van der Waals surface area (Å²) in [7, 11) is 1.34. The van der Waals surface area contributed by atoms with Crippen LogP contribution in [-0.2, 0) is 4.79 Å². The lowest BCUT2D eigenvalue weighted by atomic mass is 9.83. The van der Waals surface area contributed by atoms with Crippen molar-refractivity contribution in [1.29, 1.82) is 5.26 Å². The quantitative estimate of drug-likeness (QED) is 0.795. The van der Waals surface area contributed by atoms with Crippen LogP contribution in [0.5, 0.6) is 11.5 Å². The molecule has 0 radical (unpaired) electrons. The van der Waals surface area contributed by atoms with Crippen molar-refractivity contribution in [3.8, 4) is 17.6 Å². The van der Waals surface area contributed by atoms with E-state index in [2.05, 4.69) is 16.1 Å². The number of halogens is 2. The molecule has 25 heavy (non-hydrogen) atoms. The summed E-state index contributed by atoms with van der Waals surface area (Å²) in [5, 5.41) is 12.1. The number of hydrogen-bond donors (Lipinski definition) is 1. The van der Waals surface area contributed by atoms with Gasteiger partial charge in [-0.25, -0.2) is 0 Å². The van der Waals surface area contributed by atoms with E-state index in [-0.39, 0.29) is 17.1 Å². The normalized spacial score (nSPS) is 16.4. The number of alkyl halides is 2. The van der Waals surface area contributed by atoms with Crippen molar-refractivity contribution >= 4 is 12.0 Å². The fraction of sp³-hybridized carbons (Fsp3) is 0.444. The van der Waals surface area contributed by atoms with E-state index in [0.717, 1.165) is 19.3 Å². The average molecular weight is 350 g/mol. The molecule has 0 unspecified atom stereocenters. The summed E-state index contributed by atoms with van der Waals surface area (Å²) in [5.41, 5.74) is -0.569. The van der Waals surface area contributed by atoms with Gasteiger partial charge in [-0.3, -0.25) is 4.79 Å². The van der Waals surface area contributed by atoms with Crippen LogP contribution in [0, 0.1) is 11.3 Å². The molecule has 1 N–H and O–H groups in total. The van der Waals surface area contributed by atoms with Crippen molar-refractivity contribution < 1.29 is 23.0 Å². The monoisotopic (exact) mass is 350 g/mol. The van der Waals surface area contributed by atoms with Crippen LogP contribution < -0.4 is 14.8 Å². The first-order valence-electron chi connectivity index (χ1n) is 8.03. The van der Waals surface area contributed by atoms with Crippen molar-refractivity contribution in [2.75, 3.05) is 7.11 Å². The molecule has 0 spiro atoms. The summed E-state index contributed by atoms with van der Waals surface area (Å²) in [5.74, 6) is -0.449. The van der Waals surface area contributed by atoms with Crippen molar-refractivity contribution in [2.24, 2.45) is 0 Å². The van der Waals surface area contributed by atoms with Crippen LogP contribution in [0.2, 0.25) is 0 Å². The number of rotatable bonds is 6. The van der Waals surface area contributed by atoms with E-state index in [1.54, 1.807) is 6.07 Å². The molecule has 1 aliphatic rings. The molecule has 0 saturated heterocycles. The summed E-state index contributed by atoms with van der Waals surface area (Å²) in [6.07, 6.45) is 6.63. The maximum Gasteiger partial charge on any atom is 0.387 e. The molecule has 1 aromatic carbocycles. The van der Waals surface area contributed by atoms with Gasteiger partial charge in [0.1, 0.15) is 5.54 Å². The van der Waals surface area contributed by atoms with E-state index < -0.39 is 18.1 Å². The van der Waals surface area contributed by atoms with Gasteiger partial charge in [-0.05, 0) is 25.0 Å². The van der Waals surface area contributed by atoms with E-state index in [4.69, 9.17) is 4.74 Å². The van der Waals surface area contributed by atoms with Crippen LogP contribution in [0.1, 0.15) is 37.7 Å². The molecule has 0 bridgehead atoms. The third-order valence-electron chi connectivity index (χ3n) is 4.13. The number of carbonyl (C=O) groups excluding carboxylic acids is 1. The second-order valence-electron chi connectivity index (χ2n) is 5.83. The third-order valence-corrected chi connectivity index (χ3v) is 4.13. The first-order valence-corrected chi connectivity index (χ1v) is 8.03. The van der Waals surface area contributed by atoms with Crippen LogP contribution in [-0.4, -0.2) is 25.2 Å². The minimum absolute atomic E-state index is 0.142. The number of nitriles is 1. The molecule has 0 aliphatic heterocycles. The number of para-hydroxylation sites is 1. The van der Waals surface area contributed by atoms with Gasteiger partial charge in [0.25, 0.3) is 0 Å². The summed E-state index contributed by atoms with van der Waals surface area (Å²) < 4.78 is 34.7. The zero-order valence-corrected chi connectivity index (χ0v) is 13.9. The van der Waals surface area contributed by atoms with Crippen molar-refractivity contribution in [3.63, 3.8) is 0 Å². The molecule has 0 heterocycles. The van der Waals surface area contributed by atoms with E-state index in [9.17, 15) is 18.8 Å². The van der Waals surface area contributed by atoms with Crippen molar-refractivity contribution in [1.82, 2.24) is 5.32 Å². The molecule has 1 fully saturated rings. The largest absolute Gasteiger partial charge is 0.493 e. The first-order chi connectivity index (χ1) is 12.0. The van der Waals surface area contributed by atoms with Crippen molar-refractivity contribution in [3.05, 3.63) is 29.8 Å². The second-order valence-corrected chi connectivity index (χ2v) is 5.83. The second kappa shape index (κ2) is 8.47. The average Bonchev–Trinajstić information content (AvgIpc) is 2.61. The van der Waals surface area contributed by atoms with Gasteiger partial charge in [0.05, 0.1) is 13.2 Å². The molecule has 1 aliphatic carbocycles. The smallest absolute Gasteiger partial charge is 0.387 e. The van der Waals surface area contributed by atoms with Gasteiger partial charge in [0, 0.05) is 11.6 Å². The zero-order chi connectivity index (χ0) is 18.3. The summed E-state index contributed by atoms with van der Waals surface area (Å²) in [6.45, 7) is -3.01. The number of nitrogens with zero attached hydrogens (tertiary/aromatic N) is 1. The Morgan fingerprint density at radius 2 is 2.08 bits per heavy atom. The summed E-state index contributed by atoms with van der Waals surface area (Å²) in [4.78, 5) is 12.2. The standard InChI is InChI=1S/C18H20F2N2O3/c1-24-14-7-5-6-13(16(14)25-17(19)20)8-9-15(23)22-18(12-21)10-3-2-4-11-18/h5-9,17H,2-4,10-11H2,1H3,(H,22,23)/b9-8+. The number of hydrogen-bond acceptors (Lipinski definition) is 4. The fourth-order valence-electron chi connectivity index (χ4n) is 2.90. The molecular weight excluding hydrogens is 330 g/mol. The lowest BCUT2D eigenvalue weighted by Crippen LogP contribution is -2.48. The zero-order valence-electron chi connectivity index (χ0n) is 13.9. The lowest BCUT2D eigenvalue weighted by molar-refractivity contribution is -0.118. The Kier molecular flexibility index (Phi) is 6.34. The minimum atomic E-state index is -3.01. The van der Waals surface area contributed by atoms with E-state index in [1.807, 2.05) is 0 Å². The van der Waals surface area contributed by atoms with Crippen LogP contribution >= 0.6 is 0 Å². The predicted molar refractivity (Wildman–Crippen MR) is 88.2 cm³/mol. The number of ether oxygens (including phenoxy) is 2. The molecule has 2 rings (SSSR count). The van der Waals surface area contributed by atoms with Gasteiger partial charge in [-0.15, -0.1) is 0 Å². The Morgan fingerprint density at radius 1 is 1.36 bits per heavy atom. The summed E-state index contributed by atoms with van der Waals surface area (Å²) in [6, 6.07) is 6.82. The van der Waals surface area contributed by atoms with Gasteiger partial charge < -0.3 is 14.8 Å². The molecule has 1 amide bonds. The van der Waals surface area contributed by atoms with Crippen LogP contribution in [0.4, 0.5) is 8.78 Å². The highest BCUT2D eigenvalue weighted by Crippen LogP contribution is 2.33. The van der Waals surface area contributed by atoms with Gasteiger partial charge in [-0.1, -0.05) is 31.4 Å². The Morgan fingerprint density at radius 3 is 2.68 bits per heavy atom. The number of methoxy groups -OCH3 is 1. The fourth-order valence-corrected chi connectivity index (χ4v) is 2.90. The maximum absolute atomic E-state index is 12.6. The van der Waals surface area contributed by atoms with Crippen molar-refractivity contribution in [2.45, 2.75) is 44.3 Å². The Bertz CT molecular complexity index is 677. The maximum atomic E-state index is 12.6. The minimum Gasteiger partial charge on any atom is -0.493 e. The Hall–Kier alpha value is -2.62. The third kappa shape index (κ3) is 4.92. The number of benzene rings is 1. The highest BCUT2D eigenvalue weighted by atomic mass is 19.3. The van der Waals surface area contributed by atoms with Crippen LogP contribution in [0.15, 0.2) is 24.3 Å². The number of carbonyl (C=O) groups is 1. The van der Waals surface area contributed by atoms with E-state index in [0.29, 0.717) is 12.8 Å². The molecular formula is C18H20F2N2O3. The molecule has 0 atom stereocenters. The highest BCUT2D eigenvalue weighted by Gasteiger charge is 2.32. The number of amides is 1. The topological polar surface area (TPSA) is 71.3 Å². The Labute approximate surface area is 145 Å². The predicted octanol–water partition coefficient (Wildman–Crippen LogP) is 3.65. The molecule has 1 aromatic rings. The van der Waals surface area contributed by atoms with Gasteiger partial charge in [-0.2, -0.15) is 14.0 Å². The lowest BCUT2D eigenvalue weighted by Gasteiger charge is -2.31. The van der Waals surface area contributed by atoms with Crippen LogP contribution in [0.3, 0.4) is 0 Å². The number of nitrogens with one attached hydrogen (secondary N) is 1. The van der Waals surface area contributed by atoms with Gasteiger partial charge >= 0.3 is 6.61 Å². The van der Waals surface area contributed by atoms with Gasteiger partial charge in [0.2, 0.25) is 5.91 Å². The Balaban J connectivity index is 2.15. The molecule has 0 aromatic heterocycles. The van der Waals surface area contributed by atoms with E-state index >= 15 is 0 Å². The molecule has 5 nitrogen and oxygen atoms in total. The first kappa shape index (κ1) is 18.7. The van der Waals surface area contributed by atoms with E-state index in [1.165, 1.54) is 31.4 Å². The molecule has 1 saturated carbocycles.